The first-order chi connectivity index (χ1) is 12.2. The van der Waals surface area contributed by atoms with Gasteiger partial charge in [0, 0.05) is 24.8 Å². The van der Waals surface area contributed by atoms with E-state index in [4.69, 9.17) is 11.6 Å². The first-order valence-corrected chi connectivity index (χ1v) is 8.93. The van der Waals surface area contributed by atoms with Crippen LogP contribution >= 0.6 is 11.6 Å². The third-order valence-corrected chi connectivity index (χ3v) is 4.92. The molecular formula is C19H22ClN3O3. The van der Waals surface area contributed by atoms with Crippen molar-refractivity contribution in [3.8, 4) is 11.3 Å². The molecule has 0 aliphatic carbocycles. The Labute approximate surface area is 157 Å². The van der Waals surface area contributed by atoms with Gasteiger partial charge in [-0.2, -0.15) is 5.10 Å². The second kappa shape index (κ2) is 6.76. The van der Waals surface area contributed by atoms with Gasteiger partial charge in [0.2, 0.25) is 0 Å². The third kappa shape index (κ3) is 3.46. The number of likely N-dealkylation sites (tertiary alicyclic amines) is 1. The van der Waals surface area contributed by atoms with E-state index in [1.165, 1.54) is 0 Å². The summed E-state index contributed by atoms with van der Waals surface area (Å²) in [5.41, 5.74) is 1.35. The Balaban J connectivity index is 2.03. The number of halogens is 1. The summed E-state index contributed by atoms with van der Waals surface area (Å²) in [5, 5.41) is 14.3. The van der Waals surface area contributed by atoms with Crippen molar-refractivity contribution in [1.29, 1.82) is 0 Å². The summed E-state index contributed by atoms with van der Waals surface area (Å²) in [7, 11) is 0. The number of nitrogens with zero attached hydrogens (tertiary/aromatic N) is 3. The van der Waals surface area contributed by atoms with Gasteiger partial charge in [-0.15, -0.1) is 0 Å². The number of hydrogen-bond donors (Lipinski definition) is 1. The molecule has 0 radical (unpaired) electrons. The van der Waals surface area contributed by atoms with Crippen molar-refractivity contribution in [3.05, 3.63) is 41.0 Å². The average molecular weight is 376 g/mol. The van der Waals surface area contributed by atoms with Gasteiger partial charge in [-0.05, 0) is 33.3 Å². The van der Waals surface area contributed by atoms with E-state index in [1.807, 2.05) is 39.0 Å². The smallest absolute Gasteiger partial charge is 0.308 e. The molecule has 1 aliphatic heterocycles. The fourth-order valence-electron chi connectivity index (χ4n) is 3.04. The van der Waals surface area contributed by atoms with Crippen LogP contribution in [-0.2, 0) is 10.3 Å². The minimum atomic E-state index is -0.864. The molecule has 26 heavy (non-hydrogen) atoms. The lowest BCUT2D eigenvalue weighted by atomic mass is 10.1. The van der Waals surface area contributed by atoms with Crippen LogP contribution < -0.4 is 0 Å². The number of benzene rings is 1. The molecule has 0 saturated carbocycles. The van der Waals surface area contributed by atoms with Gasteiger partial charge >= 0.3 is 5.97 Å². The molecule has 2 aromatic rings. The summed E-state index contributed by atoms with van der Waals surface area (Å²) in [5.74, 6) is -1.59. The van der Waals surface area contributed by atoms with E-state index in [0.717, 1.165) is 0 Å². The highest BCUT2D eigenvalue weighted by Gasteiger charge is 2.34. The summed E-state index contributed by atoms with van der Waals surface area (Å²) >= 11 is 6.33. The Morgan fingerprint density at radius 1 is 1.27 bits per heavy atom. The van der Waals surface area contributed by atoms with Gasteiger partial charge in [-0.3, -0.25) is 14.3 Å². The fraction of sp³-hybridized carbons (Fsp3) is 0.421. The van der Waals surface area contributed by atoms with Crippen molar-refractivity contribution < 1.29 is 14.7 Å². The molecule has 1 atom stereocenters. The average Bonchev–Trinajstić information content (AvgIpc) is 3.22. The standard InChI is InChI=1S/C19H22ClN3O3/c1-19(2,3)23-11-14(16(21-23)13-6-4-5-7-15(13)20)17(24)22-9-8-12(10-22)18(25)26/h4-7,11-12H,8-10H2,1-3H3,(H,25,26). The summed E-state index contributed by atoms with van der Waals surface area (Å²) in [6.45, 7) is 6.65. The summed E-state index contributed by atoms with van der Waals surface area (Å²) in [6.07, 6.45) is 2.20. The number of carbonyl (C=O) groups excluding carboxylic acids is 1. The normalized spacial score (nSPS) is 17.5. The maximum Gasteiger partial charge on any atom is 0.308 e. The largest absolute Gasteiger partial charge is 0.481 e. The number of carboxylic acids is 1. The van der Waals surface area contributed by atoms with Crippen LogP contribution in [0, 0.1) is 5.92 Å². The lowest BCUT2D eigenvalue weighted by Crippen LogP contribution is -2.30. The molecule has 3 rings (SSSR count). The summed E-state index contributed by atoms with van der Waals surface area (Å²) < 4.78 is 1.75. The van der Waals surface area contributed by atoms with Crippen LogP contribution in [-0.4, -0.2) is 44.8 Å². The molecule has 138 valence electrons. The van der Waals surface area contributed by atoms with Crippen molar-refractivity contribution in [2.24, 2.45) is 5.92 Å². The van der Waals surface area contributed by atoms with E-state index in [9.17, 15) is 14.7 Å². The topological polar surface area (TPSA) is 75.4 Å². The summed E-state index contributed by atoms with van der Waals surface area (Å²) in [6, 6.07) is 7.27. The molecule has 1 aromatic carbocycles. The molecule has 1 aliphatic rings. The number of carboxylic acid groups (broad SMARTS) is 1. The lowest BCUT2D eigenvalue weighted by molar-refractivity contribution is -0.141. The lowest BCUT2D eigenvalue weighted by Gasteiger charge is -2.19. The molecule has 1 unspecified atom stereocenters. The second-order valence-electron chi connectivity index (χ2n) is 7.56. The molecule has 0 spiro atoms. The molecule has 6 nitrogen and oxygen atoms in total. The van der Waals surface area contributed by atoms with Crippen molar-refractivity contribution in [2.75, 3.05) is 13.1 Å². The predicted octanol–water partition coefficient (Wildman–Crippen LogP) is 3.51. The maximum atomic E-state index is 13.1. The van der Waals surface area contributed by atoms with Crippen LogP contribution in [0.15, 0.2) is 30.5 Å². The molecule has 1 fully saturated rings. The number of aliphatic carboxylic acids is 1. The molecule has 1 saturated heterocycles. The molecule has 1 amide bonds. The van der Waals surface area contributed by atoms with E-state index >= 15 is 0 Å². The van der Waals surface area contributed by atoms with Crippen molar-refractivity contribution in [1.82, 2.24) is 14.7 Å². The molecule has 1 aromatic heterocycles. The molecule has 1 N–H and O–H groups in total. The Kier molecular flexibility index (Phi) is 4.80. The third-order valence-electron chi connectivity index (χ3n) is 4.59. The second-order valence-corrected chi connectivity index (χ2v) is 7.97. The molecular weight excluding hydrogens is 354 g/mol. The van der Waals surface area contributed by atoms with E-state index in [2.05, 4.69) is 5.10 Å². The van der Waals surface area contributed by atoms with Gasteiger partial charge in [0.05, 0.1) is 22.0 Å². The van der Waals surface area contributed by atoms with Gasteiger partial charge < -0.3 is 10.0 Å². The zero-order valence-corrected chi connectivity index (χ0v) is 15.8. The zero-order valence-electron chi connectivity index (χ0n) is 15.1. The zero-order chi connectivity index (χ0) is 19.1. The summed E-state index contributed by atoms with van der Waals surface area (Å²) in [4.78, 5) is 25.9. The number of rotatable bonds is 3. The van der Waals surface area contributed by atoms with Gasteiger partial charge in [-0.25, -0.2) is 0 Å². The van der Waals surface area contributed by atoms with Crippen LogP contribution in [0.1, 0.15) is 37.6 Å². The maximum absolute atomic E-state index is 13.1. The Morgan fingerprint density at radius 3 is 2.54 bits per heavy atom. The van der Waals surface area contributed by atoms with Gasteiger partial charge in [0.15, 0.2) is 0 Å². The minimum absolute atomic E-state index is 0.209. The van der Waals surface area contributed by atoms with E-state index < -0.39 is 11.9 Å². The SMILES string of the molecule is CC(C)(C)n1cc(C(=O)N2CCC(C(=O)O)C2)c(-c2ccccc2Cl)n1. The van der Waals surface area contributed by atoms with Crippen molar-refractivity contribution in [2.45, 2.75) is 32.7 Å². The number of hydrogen-bond acceptors (Lipinski definition) is 3. The number of carbonyl (C=O) groups is 2. The quantitative estimate of drug-likeness (QED) is 0.890. The highest BCUT2D eigenvalue weighted by molar-refractivity contribution is 6.33. The first-order valence-electron chi connectivity index (χ1n) is 8.55. The van der Waals surface area contributed by atoms with Gasteiger partial charge in [0.1, 0.15) is 5.69 Å². The van der Waals surface area contributed by atoms with Crippen LogP contribution in [0.5, 0.6) is 0 Å². The monoisotopic (exact) mass is 375 g/mol. The van der Waals surface area contributed by atoms with Gasteiger partial charge in [-0.1, -0.05) is 29.8 Å². The Bertz CT molecular complexity index is 854. The molecule has 2 heterocycles. The Morgan fingerprint density at radius 2 is 1.96 bits per heavy atom. The van der Waals surface area contributed by atoms with Crippen LogP contribution in [0.25, 0.3) is 11.3 Å². The fourth-order valence-corrected chi connectivity index (χ4v) is 3.27. The van der Waals surface area contributed by atoms with Crippen LogP contribution in [0.2, 0.25) is 5.02 Å². The number of amides is 1. The highest BCUT2D eigenvalue weighted by Crippen LogP contribution is 2.32. The van der Waals surface area contributed by atoms with Crippen molar-refractivity contribution in [3.63, 3.8) is 0 Å². The van der Waals surface area contributed by atoms with Crippen LogP contribution in [0.3, 0.4) is 0 Å². The van der Waals surface area contributed by atoms with E-state index in [1.54, 1.807) is 21.8 Å². The minimum Gasteiger partial charge on any atom is -0.481 e. The predicted molar refractivity (Wildman–Crippen MR) is 99.3 cm³/mol. The molecule has 0 bridgehead atoms. The van der Waals surface area contributed by atoms with E-state index in [-0.39, 0.29) is 18.0 Å². The first kappa shape index (κ1) is 18.5. The Hall–Kier alpha value is -2.34. The van der Waals surface area contributed by atoms with E-state index in [0.29, 0.717) is 34.8 Å². The highest BCUT2D eigenvalue weighted by atomic mass is 35.5. The van der Waals surface area contributed by atoms with Gasteiger partial charge in [0.25, 0.3) is 5.91 Å². The number of aromatic nitrogens is 2. The molecule has 7 heteroatoms. The van der Waals surface area contributed by atoms with Crippen molar-refractivity contribution >= 4 is 23.5 Å². The van der Waals surface area contributed by atoms with Crippen LogP contribution in [0.4, 0.5) is 0 Å².